The Morgan fingerprint density at radius 3 is 2.48 bits per heavy atom. The average molecular weight is 559 g/mol. The number of aromatic nitrogens is 3. The number of rotatable bonds is 8. The van der Waals surface area contributed by atoms with Gasteiger partial charge in [-0.1, -0.05) is 0 Å². The van der Waals surface area contributed by atoms with Gasteiger partial charge in [-0.3, -0.25) is 9.69 Å². The van der Waals surface area contributed by atoms with Gasteiger partial charge >= 0.3 is 0 Å². The summed E-state index contributed by atoms with van der Waals surface area (Å²) >= 11 is 0. The van der Waals surface area contributed by atoms with Crippen LogP contribution in [-0.2, 0) is 0 Å². The molecule has 3 heterocycles. The number of benzene rings is 2. The highest BCUT2D eigenvalue weighted by molar-refractivity contribution is 6.04. The van der Waals surface area contributed by atoms with Crippen molar-refractivity contribution >= 4 is 17.1 Å². The minimum atomic E-state index is -1.43. The van der Waals surface area contributed by atoms with Crippen molar-refractivity contribution < 1.29 is 31.8 Å². The predicted molar refractivity (Wildman–Crippen MR) is 138 cm³/mol. The van der Waals surface area contributed by atoms with E-state index >= 15 is 0 Å². The van der Waals surface area contributed by atoms with Crippen molar-refractivity contribution in [2.45, 2.75) is 6.92 Å². The number of nitrogens with zero attached hydrogens (tertiary/aromatic N) is 5. The monoisotopic (exact) mass is 558 g/mol. The number of likely N-dealkylation sites (N-methyl/N-ethyl adjacent to an activating group) is 1. The third kappa shape index (κ3) is 5.84. The van der Waals surface area contributed by atoms with Crippen molar-refractivity contribution in [1.82, 2.24) is 24.4 Å². The van der Waals surface area contributed by atoms with Crippen LogP contribution in [0.25, 0.3) is 5.52 Å². The molecule has 210 valence electrons. The van der Waals surface area contributed by atoms with Gasteiger partial charge in [0.1, 0.15) is 30.0 Å². The van der Waals surface area contributed by atoms with Crippen LogP contribution in [0.2, 0.25) is 0 Å². The van der Waals surface area contributed by atoms with Crippen LogP contribution in [0, 0.1) is 30.2 Å². The molecule has 0 radical (unpaired) electrons. The molecule has 4 aromatic rings. The lowest BCUT2D eigenvalue weighted by Crippen LogP contribution is -2.45. The second kappa shape index (κ2) is 11.5. The molecule has 1 aliphatic heterocycles. The van der Waals surface area contributed by atoms with Gasteiger partial charge in [0.2, 0.25) is 5.88 Å². The number of carbonyl (C=O) groups is 1. The molecule has 1 N–H and O–H groups in total. The summed E-state index contributed by atoms with van der Waals surface area (Å²) in [6.45, 7) is 7.09. The summed E-state index contributed by atoms with van der Waals surface area (Å²) in [4.78, 5) is 21.1. The molecule has 0 spiro atoms. The summed E-state index contributed by atoms with van der Waals surface area (Å²) < 4.78 is 68.7. The number of piperazine rings is 1. The van der Waals surface area contributed by atoms with E-state index < -0.39 is 34.7 Å². The SMILES string of the molecule is Cc1c(OCCN2CCN(C)CC2)cn2ncnc(Oc3ccc(NC(=O)c4cc(F)c(F)cc4F)cc3F)c12. The molecule has 0 unspecified atom stereocenters. The van der Waals surface area contributed by atoms with Gasteiger partial charge in [-0.05, 0) is 32.2 Å². The Labute approximate surface area is 226 Å². The Kier molecular flexibility index (Phi) is 7.85. The summed E-state index contributed by atoms with van der Waals surface area (Å²) in [5.41, 5.74) is 0.421. The molecule has 9 nitrogen and oxygen atoms in total. The molecule has 0 bridgehead atoms. The van der Waals surface area contributed by atoms with Gasteiger partial charge in [0.15, 0.2) is 23.2 Å². The number of ether oxygens (including phenoxy) is 2. The molecule has 1 amide bonds. The van der Waals surface area contributed by atoms with Gasteiger partial charge in [0, 0.05) is 56.1 Å². The highest BCUT2D eigenvalue weighted by Gasteiger charge is 2.20. The lowest BCUT2D eigenvalue weighted by atomic mass is 10.1. The topological polar surface area (TPSA) is 84.2 Å². The predicted octanol–water partition coefficient (Wildman–Crippen LogP) is 4.26. The van der Waals surface area contributed by atoms with Crippen molar-refractivity contribution in [3.63, 3.8) is 0 Å². The minimum Gasteiger partial charge on any atom is -0.490 e. The van der Waals surface area contributed by atoms with Crippen LogP contribution in [0.1, 0.15) is 15.9 Å². The van der Waals surface area contributed by atoms with Crippen molar-refractivity contribution in [3.8, 4) is 17.4 Å². The van der Waals surface area contributed by atoms with Gasteiger partial charge in [-0.25, -0.2) is 22.1 Å². The Balaban J connectivity index is 1.28. The van der Waals surface area contributed by atoms with Crippen molar-refractivity contribution in [3.05, 3.63) is 77.3 Å². The molecule has 1 fully saturated rings. The quantitative estimate of drug-likeness (QED) is 0.256. The van der Waals surface area contributed by atoms with E-state index in [2.05, 4.69) is 32.2 Å². The Morgan fingerprint density at radius 1 is 0.975 bits per heavy atom. The van der Waals surface area contributed by atoms with Gasteiger partial charge in [-0.2, -0.15) is 10.1 Å². The lowest BCUT2D eigenvalue weighted by Gasteiger charge is -2.32. The minimum absolute atomic E-state index is 0.0540. The first-order valence-corrected chi connectivity index (χ1v) is 12.5. The number of nitrogens with one attached hydrogen (secondary N) is 1. The zero-order valence-electron chi connectivity index (χ0n) is 21.8. The molecule has 5 rings (SSSR count). The van der Waals surface area contributed by atoms with E-state index in [1.54, 1.807) is 6.20 Å². The number of carbonyl (C=O) groups excluding carboxylic acids is 1. The Bertz CT molecular complexity index is 1560. The van der Waals surface area contributed by atoms with E-state index in [4.69, 9.17) is 9.47 Å². The van der Waals surface area contributed by atoms with Crippen molar-refractivity contribution in [2.75, 3.05) is 51.7 Å². The first-order valence-electron chi connectivity index (χ1n) is 12.5. The summed E-state index contributed by atoms with van der Waals surface area (Å²) in [5.74, 6) is -5.52. The van der Waals surface area contributed by atoms with E-state index in [9.17, 15) is 22.4 Å². The van der Waals surface area contributed by atoms with Crippen LogP contribution in [0.5, 0.6) is 17.4 Å². The van der Waals surface area contributed by atoms with Gasteiger partial charge < -0.3 is 19.7 Å². The fourth-order valence-electron chi connectivity index (χ4n) is 4.34. The number of aryl methyl sites for hydroxylation is 1. The standard InChI is InChI=1S/C27H26F4N6O3/c1-16-24(39-10-9-36-7-5-35(2)6-8-36)14-37-25(16)27(32-15-33-37)40-23-4-3-17(11-22(23)31)34-26(38)18-12-20(29)21(30)13-19(18)28/h3-4,11-15H,5-10H2,1-2H3,(H,34,38). The lowest BCUT2D eigenvalue weighted by molar-refractivity contribution is 0.102. The Morgan fingerprint density at radius 2 is 1.73 bits per heavy atom. The zero-order valence-corrected chi connectivity index (χ0v) is 21.8. The average Bonchev–Trinajstić information content (AvgIpc) is 3.25. The van der Waals surface area contributed by atoms with E-state index in [1.165, 1.54) is 23.0 Å². The number of fused-ring (bicyclic) bond motifs is 1. The first kappa shape index (κ1) is 27.3. The van der Waals surface area contributed by atoms with E-state index in [0.29, 0.717) is 29.5 Å². The molecular weight excluding hydrogens is 532 g/mol. The zero-order chi connectivity index (χ0) is 28.4. The summed E-state index contributed by atoms with van der Waals surface area (Å²) in [7, 11) is 2.10. The van der Waals surface area contributed by atoms with Crippen LogP contribution >= 0.6 is 0 Å². The number of anilines is 1. The number of hydrogen-bond donors (Lipinski definition) is 1. The highest BCUT2D eigenvalue weighted by atomic mass is 19.2. The van der Waals surface area contributed by atoms with E-state index in [0.717, 1.165) is 38.8 Å². The van der Waals surface area contributed by atoms with Gasteiger partial charge in [0.05, 0.1) is 11.8 Å². The number of amides is 1. The summed E-state index contributed by atoms with van der Waals surface area (Å²) in [6, 6.07) is 4.19. The fraction of sp³-hybridized carbons (Fsp3) is 0.296. The van der Waals surface area contributed by atoms with Crippen molar-refractivity contribution in [1.29, 1.82) is 0 Å². The van der Waals surface area contributed by atoms with E-state index in [-0.39, 0.29) is 23.4 Å². The first-order chi connectivity index (χ1) is 19.2. The largest absolute Gasteiger partial charge is 0.490 e. The molecule has 0 atom stereocenters. The van der Waals surface area contributed by atoms with E-state index in [1.807, 2.05) is 6.92 Å². The Hall–Kier alpha value is -4.23. The van der Waals surface area contributed by atoms with Crippen LogP contribution in [0.15, 0.2) is 42.9 Å². The van der Waals surface area contributed by atoms with Crippen LogP contribution < -0.4 is 14.8 Å². The summed E-state index contributed by atoms with van der Waals surface area (Å²) in [5, 5.41) is 6.44. The maximum Gasteiger partial charge on any atom is 0.258 e. The summed E-state index contributed by atoms with van der Waals surface area (Å²) in [6.07, 6.45) is 2.97. The molecule has 40 heavy (non-hydrogen) atoms. The maximum absolute atomic E-state index is 14.9. The van der Waals surface area contributed by atoms with Gasteiger partial charge in [0.25, 0.3) is 5.91 Å². The smallest absolute Gasteiger partial charge is 0.258 e. The molecule has 0 saturated carbocycles. The fourth-order valence-corrected chi connectivity index (χ4v) is 4.34. The number of hydrogen-bond acceptors (Lipinski definition) is 7. The van der Waals surface area contributed by atoms with Gasteiger partial charge in [-0.15, -0.1) is 0 Å². The van der Waals surface area contributed by atoms with Crippen LogP contribution in [-0.4, -0.2) is 76.7 Å². The molecule has 1 aliphatic rings. The molecule has 0 aliphatic carbocycles. The van der Waals surface area contributed by atoms with Crippen LogP contribution in [0.4, 0.5) is 23.2 Å². The molecule has 1 saturated heterocycles. The number of halogens is 4. The third-order valence-corrected chi connectivity index (χ3v) is 6.66. The normalized spacial score (nSPS) is 14.4. The molecule has 2 aromatic carbocycles. The molecule has 2 aromatic heterocycles. The maximum atomic E-state index is 14.9. The second-order valence-electron chi connectivity index (χ2n) is 9.42. The molecule has 13 heteroatoms. The second-order valence-corrected chi connectivity index (χ2v) is 9.42. The van der Waals surface area contributed by atoms with Crippen molar-refractivity contribution in [2.24, 2.45) is 0 Å². The van der Waals surface area contributed by atoms with Crippen LogP contribution in [0.3, 0.4) is 0 Å². The highest BCUT2D eigenvalue weighted by Crippen LogP contribution is 2.33. The molecular formula is C27H26F4N6O3. The third-order valence-electron chi connectivity index (χ3n) is 6.66.